The van der Waals surface area contributed by atoms with E-state index < -0.39 is 12.1 Å². The zero-order chi connectivity index (χ0) is 19.5. The Labute approximate surface area is 160 Å². The van der Waals surface area contributed by atoms with Crippen LogP contribution in [0, 0.1) is 0 Å². The number of carboxylic acid groups (broad SMARTS) is 1. The molecule has 1 atom stereocenters. The van der Waals surface area contributed by atoms with Crippen molar-refractivity contribution in [1.29, 1.82) is 0 Å². The summed E-state index contributed by atoms with van der Waals surface area (Å²) in [7, 11) is 0. The number of aliphatic carboxylic acids is 1. The Bertz CT molecular complexity index is 376. The van der Waals surface area contributed by atoms with Gasteiger partial charge in [0.2, 0.25) is 0 Å². The van der Waals surface area contributed by atoms with Crippen molar-refractivity contribution in [3.8, 4) is 0 Å². The van der Waals surface area contributed by atoms with Gasteiger partial charge < -0.3 is 9.84 Å². The molecular weight excluding hydrogens is 328 g/mol. The maximum atomic E-state index is 11.9. The van der Waals surface area contributed by atoms with E-state index in [9.17, 15) is 9.59 Å². The average Bonchev–Trinajstić information content (AvgIpc) is 2.59. The summed E-state index contributed by atoms with van der Waals surface area (Å²) < 4.78 is 5.40. The molecule has 0 saturated carbocycles. The van der Waals surface area contributed by atoms with Crippen molar-refractivity contribution in [2.75, 3.05) is 0 Å². The number of ether oxygens (including phenoxy) is 1. The summed E-state index contributed by atoms with van der Waals surface area (Å²) in [5.74, 6) is -1.16. The Kier molecular flexibility index (Phi) is 17.5. The summed E-state index contributed by atoms with van der Waals surface area (Å²) in [4.78, 5) is 22.9. The van der Waals surface area contributed by atoms with Crippen LogP contribution >= 0.6 is 0 Å². The fourth-order valence-electron chi connectivity index (χ4n) is 2.91. The first kappa shape index (κ1) is 24.7. The van der Waals surface area contributed by atoms with Gasteiger partial charge in [0.1, 0.15) is 6.10 Å². The van der Waals surface area contributed by atoms with Gasteiger partial charge in [-0.2, -0.15) is 0 Å². The first-order chi connectivity index (χ1) is 12.6. The number of carbonyl (C=O) groups excluding carboxylic acids is 1. The Hall–Kier alpha value is -1.32. The molecule has 0 aromatic carbocycles. The predicted molar refractivity (Wildman–Crippen MR) is 107 cm³/mol. The fraction of sp³-hybridized carbons (Fsp3) is 0.818. The molecule has 0 rings (SSSR count). The molecule has 0 aromatic rings. The van der Waals surface area contributed by atoms with Crippen molar-refractivity contribution in [2.45, 2.75) is 116 Å². The minimum Gasteiger partial charge on any atom is -0.481 e. The van der Waals surface area contributed by atoms with Gasteiger partial charge in [-0.1, -0.05) is 70.9 Å². The molecular formula is C22H40O4. The van der Waals surface area contributed by atoms with Crippen LogP contribution in [-0.2, 0) is 14.3 Å². The molecule has 1 unspecified atom stereocenters. The van der Waals surface area contributed by atoms with Gasteiger partial charge in [0.05, 0.1) is 6.42 Å². The van der Waals surface area contributed by atoms with Gasteiger partial charge >= 0.3 is 11.9 Å². The Morgan fingerprint density at radius 3 is 2.04 bits per heavy atom. The predicted octanol–water partition coefficient (Wildman–Crippen LogP) is 6.43. The maximum absolute atomic E-state index is 11.9. The Balaban J connectivity index is 3.86. The molecule has 0 heterocycles. The second-order valence-electron chi connectivity index (χ2n) is 7.13. The van der Waals surface area contributed by atoms with Crippen molar-refractivity contribution in [2.24, 2.45) is 0 Å². The molecule has 152 valence electrons. The molecule has 0 radical (unpaired) electrons. The number of carboxylic acids is 1. The van der Waals surface area contributed by atoms with E-state index >= 15 is 0 Å². The third-order valence-electron chi connectivity index (χ3n) is 4.47. The molecule has 0 aliphatic heterocycles. The molecule has 0 aromatic heterocycles. The topological polar surface area (TPSA) is 63.6 Å². The van der Waals surface area contributed by atoms with Gasteiger partial charge in [-0.05, 0) is 38.5 Å². The van der Waals surface area contributed by atoms with Crippen LogP contribution in [0.1, 0.15) is 110 Å². The quantitative estimate of drug-likeness (QED) is 0.172. The lowest BCUT2D eigenvalue weighted by Gasteiger charge is -2.16. The van der Waals surface area contributed by atoms with E-state index in [4.69, 9.17) is 9.84 Å². The van der Waals surface area contributed by atoms with E-state index in [1.807, 2.05) is 0 Å². The molecule has 1 N–H and O–H groups in total. The van der Waals surface area contributed by atoms with Crippen molar-refractivity contribution < 1.29 is 19.4 Å². The molecule has 4 heteroatoms. The van der Waals surface area contributed by atoms with Gasteiger partial charge in [0.15, 0.2) is 0 Å². The molecule has 0 amide bonds. The third-order valence-corrected chi connectivity index (χ3v) is 4.47. The minimum atomic E-state index is -0.901. The van der Waals surface area contributed by atoms with Crippen LogP contribution in [0.25, 0.3) is 0 Å². The fourth-order valence-corrected chi connectivity index (χ4v) is 2.91. The summed E-state index contributed by atoms with van der Waals surface area (Å²) >= 11 is 0. The first-order valence-corrected chi connectivity index (χ1v) is 10.7. The standard InChI is InChI=1S/C22H40O4/c1-3-5-7-9-10-11-12-14-16-18-22(25)26-20(19-21(23)24)17-15-13-8-6-4-2/h11-12,20H,3-10,13-19H2,1-2H3,(H,23,24). The van der Waals surface area contributed by atoms with Crippen LogP contribution in [0.4, 0.5) is 0 Å². The van der Waals surface area contributed by atoms with Gasteiger partial charge in [0.25, 0.3) is 0 Å². The number of esters is 1. The Morgan fingerprint density at radius 2 is 1.42 bits per heavy atom. The number of hydrogen-bond acceptors (Lipinski definition) is 3. The largest absolute Gasteiger partial charge is 0.481 e. The number of hydrogen-bond donors (Lipinski definition) is 1. The van der Waals surface area contributed by atoms with Crippen molar-refractivity contribution in [1.82, 2.24) is 0 Å². The second-order valence-corrected chi connectivity index (χ2v) is 7.13. The lowest BCUT2D eigenvalue weighted by Crippen LogP contribution is -2.21. The normalized spacial score (nSPS) is 12.4. The van der Waals surface area contributed by atoms with Crippen LogP contribution in [0.3, 0.4) is 0 Å². The monoisotopic (exact) mass is 368 g/mol. The highest BCUT2D eigenvalue weighted by molar-refractivity contribution is 5.71. The van der Waals surface area contributed by atoms with E-state index in [-0.39, 0.29) is 12.4 Å². The van der Waals surface area contributed by atoms with E-state index in [1.165, 1.54) is 38.5 Å². The lowest BCUT2D eigenvalue weighted by atomic mass is 10.1. The number of unbranched alkanes of at least 4 members (excludes halogenated alkanes) is 9. The maximum Gasteiger partial charge on any atom is 0.307 e. The number of allylic oxidation sites excluding steroid dienone is 2. The highest BCUT2D eigenvalue weighted by Crippen LogP contribution is 2.14. The smallest absolute Gasteiger partial charge is 0.307 e. The van der Waals surface area contributed by atoms with Gasteiger partial charge in [0, 0.05) is 6.42 Å². The SMILES string of the molecule is CCCCCCC=CCCCC(=O)OC(CCCCCCC)CC(=O)O. The van der Waals surface area contributed by atoms with Crippen LogP contribution < -0.4 is 0 Å². The molecule has 0 spiro atoms. The van der Waals surface area contributed by atoms with E-state index in [0.717, 1.165) is 38.5 Å². The van der Waals surface area contributed by atoms with Crippen molar-refractivity contribution in [3.63, 3.8) is 0 Å². The summed E-state index contributed by atoms with van der Waals surface area (Å²) in [6.45, 7) is 4.37. The molecule has 0 aliphatic carbocycles. The summed E-state index contributed by atoms with van der Waals surface area (Å²) in [6.07, 6.45) is 18.2. The number of rotatable bonds is 18. The highest BCUT2D eigenvalue weighted by atomic mass is 16.5. The van der Waals surface area contributed by atoms with Crippen LogP contribution in [0.2, 0.25) is 0 Å². The van der Waals surface area contributed by atoms with Crippen molar-refractivity contribution >= 4 is 11.9 Å². The molecule has 26 heavy (non-hydrogen) atoms. The van der Waals surface area contributed by atoms with Gasteiger partial charge in [-0.25, -0.2) is 0 Å². The van der Waals surface area contributed by atoms with E-state index in [0.29, 0.717) is 12.8 Å². The minimum absolute atomic E-state index is 0.0861. The van der Waals surface area contributed by atoms with Gasteiger partial charge in [-0.15, -0.1) is 0 Å². The lowest BCUT2D eigenvalue weighted by molar-refractivity contribution is -0.153. The van der Waals surface area contributed by atoms with Crippen LogP contribution in [0.15, 0.2) is 12.2 Å². The number of carbonyl (C=O) groups is 2. The van der Waals surface area contributed by atoms with Crippen molar-refractivity contribution in [3.05, 3.63) is 12.2 Å². The zero-order valence-corrected chi connectivity index (χ0v) is 17.0. The first-order valence-electron chi connectivity index (χ1n) is 10.7. The second kappa shape index (κ2) is 18.5. The molecule has 0 bridgehead atoms. The zero-order valence-electron chi connectivity index (χ0n) is 17.0. The average molecular weight is 369 g/mol. The van der Waals surface area contributed by atoms with Gasteiger partial charge in [-0.3, -0.25) is 9.59 Å². The summed E-state index contributed by atoms with van der Waals surface area (Å²) in [5, 5.41) is 8.99. The summed E-state index contributed by atoms with van der Waals surface area (Å²) in [5.41, 5.74) is 0. The third kappa shape index (κ3) is 17.5. The molecule has 0 fully saturated rings. The molecule has 0 saturated heterocycles. The Morgan fingerprint density at radius 1 is 0.846 bits per heavy atom. The molecule has 4 nitrogen and oxygen atoms in total. The molecule has 0 aliphatic rings. The summed E-state index contributed by atoms with van der Waals surface area (Å²) in [6, 6.07) is 0. The van der Waals surface area contributed by atoms with Crippen LogP contribution in [0.5, 0.6) is 0 Å². The van der Waals surface area contributed by atoms with E-state index in [2.05, 4.69) is 26.0 Å². The van der Waals surface area contributed by atoms with E-state index in [1.54, 1.807) is 0 Å². The van der Waals surface area contributed by atoms with Crippen LogP contribution in [-0.4, -0.2) is 23.1 Å². The highest BCUT2D eigenvalue weighted by Gasteiger charge is 2.17.